The van der Waals surface area contributed by atoms with Crippen LogP contribution in [-0.4, -0.2) is 11.0 Å². The number of nitrogens with zero attached hydrogens (tertiary/aromatic N) is 1. The maximum absolute atomic E-state index is 4.34. The van der Waals surface area contributed by atoms with E-state index in [1.54, 1.807) is 0 Å². The molecule has 84 valence electrons. The standard InChI is InChI=1S/C13H22N2/c1-5-10(2)9-12(4)15-13-11(3)7-6-8-14-13/h6-8,10,12H,5,9H2,1-4H3,(H,14,15). The van der Waals surface area contributed by atoms with Crippen LogP contribution >= 0.6 is 0 Å². The van der Waals surface area contributed by atoms with E-state index in [0.29, 0.717) is 6.04 Å². The van der Waals surface area contributed by atoms with E-state index in [-0.39, 0.29) is 0 Å². The topological polar surface area (TPSA) is 24.9 Å². The average Bonchev–Trinajstić information content (AvgIpc) is 2.21. The summed E-state index contributed by atoms with van der Waals surface area (Å²) in [7, 11) is 0. The Bertz CT molecular complexity index is 296. The van der Waals surface area contributed by atoms with Gasteiger partial charge in [-0.3, -0.25) is 0 Å². The summed E-state index contributed by atoms with van der Waals surface area (Å²) in [5.74, 6) is 1.80. The molecule has 1 rings (SSSR count). The number of aryl methyl sites for hydroxylation is 1. The van der Waals surface area contributed by atoms with E-state index in [4.69, 9.17) is 0 Å². The van der Waals surface area contributed by atoms with Crippen LogP contribution in [0.5, 0.6) is 0 Å². The zero-order valence-electron chi connectivity index (χ0n) is 10.2. The normalized spacial score (nSPS) is 14.7. The molecule has 0 fully saturated rings. The molecule has 1 heterocycles. The van der Waals surface area contributed by atoms with Gasteiger partial charge in [-0.05, 0) is 37.8 Å². The van der Waals surface area contributed by atoms with Crippen LogP contribution in [0.3, 0.4) is 0 Å². The lowest BCUT2D eigenvalue weighted by molar-refractivity contribution is 0.483. The minimum absolute atomic E-state index is 0.494. The molecule has 0 bridgehead atoms. The van der Waals surface area contributed by atoms with Crippen LogP contribution in [0.1, 0.15) is 39.2 Å². The second-order valence-electron chi connectivity index (χ2n) is 4.46. The number of hydrogen-bond donors (Lipinski definition) is 1. The average molecular weight is 206 g/mol. The van der Waals surface area contributed by atoms with Gasteiger partial charge in [-0.25, -0.2) is 4.98 Å². The Morgan fingerprint density at radius 2 is 2.13 bits per heavy atom. The molecule has 1 N–H and O–H groups in total. The molecule has 0 saturated heterocycles. The van der Waals surface area contributed by atoms with Crippen molar-refractivity contribution in [3.8, 4) is 0 Å². The van der Waals surface area contributed by atoms with Crippen molar-refractivity contribution in [3.05, 3.63) is 23.9 Å². The fourth-order valence-corrected chi connectivity index (χ4v) is 1.70. The van der Waals surface area contributed by atoms with E-state index in [0.717, 1.165) is 11.7 Å². The molecule has 0 aliphatic carbocycles. The van der Waals surface area contributed by atoms with Gasteiger partial charge in [-0.2, -0.15) is 0 Å². The van der Waals surface area contributed by atoms with Gasteiger partial charge in [0, 0.05) is 12.2 Å². The van der Waals surface area contributed by atoms with Crippen molar-refractivity contribution in [3.63, 3.8) is 0 Å². The van der Waals surface area contributed by atoms with E-state index >= 15 is 0 Å². The lowest BCUT2D eigenvalue weighted by Gasteiger charge is -2.18. The van der Waals surface area contributed by atoms with Crippen molar-refractivity contribution in [1.29, 1.82) is 0 Å². The summed E-state index contributed by atoms with van der Waals surface area (Å²) in [4.78, 5) is 4.34. The third kappa shape index (κ3) is 3.90. The predicted octanol–water partition coefficient (Wildman–Crippen LogP) is 3.63. The first-order valence-corrected chi connectivity index (χ1v) is 5.81. The number of pyridine rings is 1. The Morgan fingerprint density at radius 3 is 2.73 bits per heavy atom. The summed E-state index contributed by atoms with van der Waals surface area (Å²) in [6.07, 6.45) is 4.28. The molecule has 2 atom stereocenters. The lowest BCUT2D eigenvalue weighted by Crippen LogP contribution is -2.19. The molecule has 0 radical (unpaired) electrons. The largest absolute Gasteiger partial charge is 0.367 e. The molecule has 0 spiro atoms. The number of rotatable bonds is 5. The third-order valence-corrected chi connectivity index (χ3v) is 2.85. The van der Waals surface area contributed by atoms with E-state index in [2.05, 4.69) is 44.1 Å². The van der Waals surface area contributed by atoms with Crippen molar-refractivity contribution in [1.82, 2.24) is 4.98 Å². The smallest absolute Gasteiger partial charge is 0.129 e. The molecule has 15 heavy (non-hydrogen) atoms. The summed E-state index contributed by atoms with van der Waals surface area (Å²) in [6.45, 7) is 8.85. The van der Waals surface area contributed by atoms with Crippen molar-refractivity contribution in [2.24, 2.45) is 5.92 Å². The Kier molecular flexibility index (Phi) is 4.60. The first kappa shape index (κ1) is 12.0. The molecule has 1 aromatic rings. The zero-order chi connectivity index (χ0) is 11.3. The van der Waals surface area contributed by atoms with Gasteiger partial charge >= 0.3 is 0 Å². The lowest BCUT2D eigenvalue weighted by atomic mass is 10.0. The maximum Gasteiger partial charge on any atom is 0.129 e. The Hall–Kier alpha value is -1.05. The van der Waals surface area contributed by atoms with Gasteiger partial charge in [0.25, 0.3) is 0 Å². The molecule has 2 heteroatoms. The Balaban J connectivity index is 2.51. The van der Waals surface area contributed by atoms with Crippen LogP contribution in [0, 0.1) is 12.8 Å². The number of aromatic nitrogens is 1. The number of anilines is 1. The van der Waals surface area contributed by atoms with E-state index in [1.807, 2.05) is 12.3 Å². The first-order chi connectivity index (χ1) is 7.13. The monoisotopic (exact) mass is 206 g/mol. The summed E-state index contributed by atoms with van der Waals surface area (Å²) in [5, 5.41) is 3.46. The quantitative estimate of drug-likeness (QED) is 0.795. The summed E-state index contributed by atoms with van der Waals surface area (Å²) < 4.78 is 0. The SMILES string of the molecule is CCC(C)CC(C)Nc1ncccc1C. The molecule has 2 unspecified atom stereocenters. The van der Waals surface area contributed by atoms with Crippen molar-refractivity contribution < 1.29 is 0 Å². The Labute approximate surface area is 93.1 Å². The van der Waals surface area contributed by atoms with Crippen molar-refractivity contribution >= 4 is 5.82 Å². The molecule has 1 aromatic heterocycles. The van der Waals surface area contributed by atoms with Gasteiger partial charge in [0.1, 0.15) is 5.82 Å². The zero-order valence-corrected chi connectivity index (χ0v) is 10.2. The third-order valence-electron chi connectivity index (χ3n) is 2.85. The minimum Gasteiger partial charge on any atom is -0.367 e. The van der Waals surface area contributed by atoms with Gasteiger partial charge in [0.2, 0.25) is 0 Å². The highest BCUT2D eigenvalue weighted by atomic mass is 15.0. The molecule has 0 aromatic carbocycles. The first-order valence-electron chi connectivity index (χ1n) is 5.81. The molecule has 0 saturated carbocycles. The fourth-order valence-electron chi connectivity index (χ4n) is 1.70. The molecular formula is C13H22N2. The van der Waals surface area contributed by atoms with Crippen LogP contribution in [-0.2, 0) is 0 Å². The molecule has 0 aliphatic heterocycles. The second-order valence-corrected chi connectivity index (χ2v) is 4.46. The highest BCUT2D eigenvalue weighted by molar-refractivity contribution is 5.43. The summed E-state index contributed by atoms with van der Waals surface area (Å²) in [5.41, 5.74) is 1.22. The molecule has 0 amide bonds. The Morgan fingerprint density at radius 1 is 1.40 bits per heavy atom. The fraction of sp³-hybridized carbons (Fsp3) is 0.615. The van der Waals surface area contributed by atoms with Crippen LogP contribution < -0.4 is 5.32 Å². The van der Waals surface area contributed by atoms with E-state index < -0.39 is 0 Å². The van der Waals surface area contributed by atoms with Crippen molar-refractivity contribution in [2.75, 3.05) is 5.32 Å². The number of nitrogens with one attached hydrogen (secondary N) is 1. The summed E-state index contributed by atoms with van der Waals surface area (Å²) in [6, 6.07) is 4.55. The van der Waals surface area contributed by atoms with Gasteiger partial charge in [-0.15, -0.1) is 0 Å². The second kappa shape index (κ2) is 5.74. The van der Waals surface area contributed by atoms with E-state index in [1.165, 1.54) is 18.4 Å². The van der Waals surface area contributed by atoms with Crippen LogP contribution in [0.2, 0.25) is 0 Å². The molecule has 0 aliphatic rings. The van der Waals surface area contributed by atoms with Crippen LogP contribution in [0.15, 0.2) is 18.3 Å². The van der Waals surface area contributed by atoms with Crippen LogP contribution in [0.4, 0.5) is 5.82 Å². The highest BCUT2D eigenvalue weighted by Gasteiger charge is 2.08. The van der Waals surface area contributed by atoms with Gasteiger partial charge in [0.05, 0.1) is 0 Å². The maximum atomic E-state index is 4.34. The highest BCUT2D eigenvalue weighted by Crippen LogP contribution is 2.15. The van der Waals surface area contributed by atoms with Gasteiger partial charge in [-0.1, -0.05) is 26.3 Å². The molecular weight excluding hydrogens is 184 g/mol. The predicted molar refractivity (Wildman–Crippen MR) is 66.1 cm³/mol. The van der Waals surface area contributed by atoms with Gasteiger partial charge < -0.3 is 5.32 Å². The van der Waals surface area contributed by atoms with E-state index in [9.17, 15) is 0 Å². The summed E-state index contributed by atoms with van der Waals surface area (Å²) >= 11 is 0. The number of hydrogen-bond acceptors (Lipinski definition) is 2. The minimum atomic E-state index is 0.494. The van der Waals surface area contributed by atoms with Crippen LogP contribution in [0.25, 0.3) is 0 Å². The molecule has 2 nitrogen and oxygen atoms in total. The van der Waals surface area contributed by atoms with Crippen molar-refractivity contribution in [2.45, 2.75) is 46.6 Å². The van der Waals surface area contributed by atoms with Gasteiger partial charge in [0.15, 0.2) is 0 Å².